The van der Waals surface area contributed by atoms with Crippen molar-refractivity contribution < 1.29 is 27.8 Å². The van der Waals surface area contributed by atoms with E-state index in [9.17, 15) is 9.59 Å². The second kappa shape index (κ2) is 9.10. The predicted molar refractivity (Wildman–Crippen MR) is 114 cm³/mol. The second-order valence-corrected chi connectivity index (χ2v) is 7.65. The number of carbonyl (C=O) groups is 2. The van der Waals surface area contributed by atoms with Crippen LogP contribution in [0.3, 0.4) is 0 Å². The lowest BCUT2D eigenvalue weighted by atomic mass is 10.0. The third kappa shape index (κ3) is 4.36. The molecule has 0 spiro atoms. The molecule has 0 unspecified atom stereocenters. The highest BCUT2D eigenvalue weighted by atomic mass is 19.1. The number of aryl methyl sites for hydroxylation is 1. The zero-order valence-corrected chi connectivity index (χ0v) is 18.4. The molecule has 33 heavy (non-hydrogen) atoms. The summed E-state index contributed by atoms with van der Waals surface area (Å²) in [6, 6.07) is 3.70. The Balaban J connectivity index is 1.79. The quantitative estimate of drug-likeness (QED) is 0.643. The molecular weight excluding hydrogens is 436 g/mol. The molecule has 0 radical (unpaired) electrons. The number of fused-ring (bicyclic) bond motifs is 1. The molecule has 3 aromatic rings. The third-order valence-electron chi connectivity index (χ3n) is 5.49. The van der Waals surface area contributed by atoms with E-state index in [4.69, 9.17) is 9.47 Å². The summed E-state index contributed by atoms with van der Waals surface area (Å²) in [5, 5.41) is 2.35. The highest BCUT2D eigenvalue weighted by molar-refractivity contribution is 5.94. The minimum Gasteiger partial charge on any atom is -0.453 e. The Morgan fingerprint density at radius 1 is 1.27 bits per heavy atom. The average molecular weight is 459 g/mol. The Morgan fingerprint density at radius 3 is 2.67 bits per heavy atom. The van der Waals surface area contributed by atoms with Crippen LogP contribution < -0.4 is 5.32 Å². The van der Waals surface area contributed by atoms with Crippen molar-refractivity contribution >= 4 is 17.8 Å². The van der Waals surface area contributed by atoms with Crippen LogP contribution in [0.25, 0.3) is 17.0 Å². The molecule has 0 bridgehead atoms. The molecule has 0 saturated carbocycles. The molecule has 1 saturated heterocycles. The highest BCUT2D eigenvalue weighted by Crippen LogP contribution is 2.31. The Hall–Kier alpha value is -3.60. The van der Waals surface area contributed by atoms with Crippen molar-refractivity contribution in [3.05, 3.63) is 53.0 Å². The monoisotopic (exact) mass is 459 g/mol. The molecule has 9 nitrogen and oxygen atoms in total. The maximum atomic E-state index is 15.1. The number of rotatable bonds is 4. The van der Waals surface area contributed by atoms with Crippen LogP contribution in [0.4, 0.5) is 13.6 Å². The van der Waals surface area contributed by atoms with E-state index in [1.807, 2.05) is 0 Å². The van der Waals surface area contributed by atoms with Crippen LogP contribution in [0.5, 0.6) is 0 Å². The van der Waals surface area contributed by atoms with Crippen LogP contribution in [-0.2, 0) is 15.9 Å². The summed E-state index contributed by atoms with van der Waals surface area (Å²) in [7, 11) is 2.68. The molecule has 3 heterocycles. The van der Waals surface area contributed by atoms with E-state index in [0.29, 0.717) is 24.5 Å². The van der Waals surface area contributed by atoms with Crippen molar-refractivity contribution in [2.45, 2.75) is 19.4 Å². The molecule has 0 aliphatic carbocycles. The molecule has 1 aliphatic rings. The first-order valence-corrected chi connectivity index (χ1v) is 10.3. The van der Waals surface area contributed by atoms with Crippen molar-refractivity contribution in [1.82, 2.24) is 24.6 Å². The lowest BCUT2D eigenvalue weighted by molar-refractivity contribution is -0.0241. The van der Waals surface area contributed by atoms with Crippen molar-refractivity contribution in [3.8, 4) is 11.3 Å². The Labute approximate surface area is 188 Å². The van der Waals surface area contributed by atoms with Crippen molar-refractivity contribution in [2.24, 2.45) is 0 Å². The van der Waals surface area contributed by atoms with Crippen LogP contribution in [0.2, 0.25) is 0 Å². The molecule has 1 fully saturated rings. The zero-order chi connectivity index (χ0) is 23.7. The number of halogens is 2. The van der Waals surface area contributed by atoms with Gasteiger partial charge in [0.1, 0.15) is 17.3 Å². The molecule has 1 N–H and O–H groups in total. The summed E-state index contributed by atoms with van der Waals surface area (Å²) < 4.78 is 42.4. The minimum absolute atomic E-state index is 0.0605. The topological polar surface area (TPSA) is 98.1 Å². The fraction of sp³-hybridized carbons (Fsp3) is 0.364. The number of aromatic nitrogens is 3. The first kappa shape index (κ1) is 22.6. The number of amides is 2. The summed E-state index contributed by atoms with van der Waals surface area (Å²) in [5.74, 6) is -2.17. The third-order valence-corrected chi connectivity index (χ3v) is 5.49. The molecular formula is C22H23F2N5O4. The fourth-order valence-electron chi connectivity index (χ4n) is 3.89. The summed E-state index contributed by atoms with van der Waals surface area (Å²) in [6.45, 7) is 2.71. The molecule has 11 heteroatoms. The van der Waals surface area contributed by atoms with Gasteiger partial charge in [-0.2, -0.15) is 0 Å². The number of morpholine rings is 1. The van der Waals surface area contributed by atoms with Gasteiger partial charge in [-0.3, -0.25) is 9.20 Å². The van der Waals surface area contributed by atoms with Crippen LogP contribution >= 0.6 is 0 Å². The van der Waals surface area contributed by atoms with E-state index in [2.05, 4.69) is 15.3 Å². The number of benzene rings is 1. The van der Waals surface area contributed by atoms with Crippen LogP contribution in [0.1, 0.15) is 21.7 Å². The fourth-order valence-corrected chi connectivity index (χ4v) is 3.89. The van der Waals surface area contributed by atoms with Gasteiger partial charge in [0.05, 0.1) is 37.6 Å². The molecule has 2 amide bonds. The molecule has 1 aromatic carbocycles. The maximum Gasteiger partial charge on any atom is 0.409 e. The van der Waals surface area contributed by atoms with Gasteiger partial charge in [-0.1, -0.05) is 0 Å². The smallest absolute Gasteiger partial charge is 0.409 e. The molecule has 174 valence electrons. The number of hydrogen-bond donors (Lipinski definition) is 1. The predicted octanol–water partition coefficient (Wildman–Crippen LogP) is 2.35. The standard InChI is InChI=1S/C22H23F2N5O4/c1-12-4-5-29-17(10-14-11-28(6-7-33-14)22(31)32-3)19(27-21(29)26-12)18-15(23)8-13(9-16(18)24)20(30)25-2/h4-5,8-9,14H,6-7,10-11H2,1-3H3,(H,25,30)/t14-/m0/s1. The number of hydrogen-bond acceptors (Lipinski definition) is 6. The number of ether oxygens (including phenoxy) is 2. The van der Waals surface area contributed by atoms with Crippen LogP contribution in [0.15, 0.2) is 24.4 Å². The molecule has 1 atom stereocenters. The van der Waals surface area contributed by atoms with E-state index in [0.717, 1.165) is 12.1 Å². The van der Waals surface area contributed by atoms with E-state index in [1.165, 1.54) is 19.1 Å². The van der Waals surface area contributed by atoms with Gasteiger partial charge < -0.3 is 19.7 Å². The van der Waals surface area contributed by atoms with Gasteiger partial charge in [0.25, 0.3) is 5.91 Å². The largest absolute Gasteiger partial charge is 0.453 e. The Bertz CT molecular complexity index is 1210. The Kier molecular flexibility index (Phi) is 6.23. The molecule has 1 aliphatic heterocycles. The van der Waals surface area contributed by atoms with Gasteiger partial charge in [0.15, 0.2) is 0 Å². The summed E-state index contributed by atoms with van der Waals surface area (Å²) >= 11 is 0. The van der Waals surface area contributed by atoms with E-state index in [-0.39, 0.29) is 35.6 Å². The van der Waals surface area contributed by atoms with Crippen LogP contribution in [0, 0.1) is 18.6 Å². The normalized spacial score (nSPS) is 16.2. The number of methoxy groups -OCH3 is 1. The van der Waals surface area contributed by atoms with E-state index in [1.54, 1.807) is 23.6 Å². The van der Waals surface area contributed by atoms with Gasteiger partial charge in [-0.25, -0.2) is 23.5 Å². The average Bonchev–Trinajstić information content (AvgIpc) is 3.14. The first-order chi connectivity index (χ1) is 15.8. The first-order valence-electron chi connectivity index (χ1n) is 10.3. The minimum atomic E-state index is -0.921. The summed E-state index contributed by atoms with van der Waals surface area (Å²) in [5.41, 5.74) is 0.721. The van der Waals surface area contributed by atoms with Gasteiger partial charge in [-0.15, -0.1) is 0 Å². The molecule has 2 aromatic heterocycles. The van der Waals surface area contributed by atoms with Crippen molar-refractivity contribution in [1.29, 1.82) is 0 Å². The Morgan fingerprint density at radius 2 is 2.00 bits per heavy atom. The van der Waals surface area contributed by atoms with E-state index >= 15 is 8.78 Å². The van der Waals surface area contributed by atoms with Crippen LogP contribution in [-0.4, -0.2) is 71.2 Å². The van der Waals surface area contributed by atoms with Gasteiger partial charge in [-0.05, 0) is 25.1 Å². The SMILES string of the molecule is CNC(=O)c1cc(F)c(-c2nc3nc(C)ccn3c2C[C@H]2CN(C(=O)OC)CCO2)c(F)c1. The van der Waals surface area contributed by atoms with E-state index < -0.39 is 29.7 Å². The van der Waals surface area contributed by atoms with Gasteiger partial charge >= 0.3 is 6.09 Å². The summed E-state index contributed by atoms with van der Waals surface area (Å²) in [4.78, 5) is 34.1. The van der Waals surface area contributed by atoms with Crippen molar-refractivity contribution in [2.75, 3.05) is 33.9 Å². The van der Waals surface area contributed by atoms with Gasteiger partial charge in [0, 0.05) is 37.5 Å². The number of nitrogens with zero attached hydrogens (tertiary/aromatic N) is 4. The van der Waals surface area contributed by atoms with Gasteiger partial charge in [0.2, 0.25) is 5.78 Å². The lowest BCUT2D eigenvalue weighted by Gasteiger charge is -2.32. The molecule has 4 rings (SSSR count). The number of carbonyl (C=O) groups excluding carboxylic acids is 2. The maximum absolute atomic E-state index is 15.1. The zero-order valence-electron chi connectivity index (χ0n) is 18.4. The summed E-state index contributed by atoms with van der Waals surface area (Å²) in [6.07, 6.45) is 1.01. The highest BCUT2D eigenvalue weighted by Gasteiger charge is 2.29. The second-order valence-electron chi connectivity index (χ2n) is 7.65. The lowest BCUT2D eigenvalue weighted by Crippen LogP contribution is -2.46. The number of nitrogens with one attached hydrogen (secondary N) is 1. The van der Waals surface area contributed by atoms with Crippen molar-refractivity contribution in [3.63, 3.8) is 0 Å². The number of imidazole rings is 1.